The summed E-state index contributed by atoms with van der Waals surface area (Å²) in [6, 6.07) is 6.45. The van der Waals surface area contributed by atoms with Crippen molar-refractivity contribution < 1.29 is 0 Å². The summed E-state index contributed by atoms with van der Waals surface area (Å²) in [7, 11) is 0. The lowest BCUT2D eigenvalue weighted by Gasteiger charge is -2.39. The number of aryl methyl sites for hydroxylation is 3. The summed E-state index contributed by atoms with van der Waals surface area (Å²) in [5, 5.41) is 0. The highest BCUT2D eigenvalue weighted by atomic mass is 16.1. The van der Waals surface area contributed by atoms with E-state index in [1.165, 1.54) is 11.1 Å². The summed E-state index contributed by atoms with van der Waals surface area (Å²) in [5.41, 5.74) is 5.18. The molecule has 2 aromatic rings. The van der Waals surface area contributed by atoms with Crippen molar-refractivity contribution in [2.45, 2.75) is 54.6 Å². The van der Waals surface area contributed by atoms with Crippen LogP contribution in [0.25, 0.3) is 0 Å². The summed E-state index contributed by atoms with van der Waals surface area (Å²) in [6.45, 7) is 14.8. The molecule has 5 heteroatoms. The number of benzene rings is 1. The number of aromatic nitrogens is 2. The molecule has 0 saturated carbocycles. The molecule has 0 unspecified atom stereocenters. The second-order valence-electron chi connectivity index (χ2n) is 7.93. The summed E-state index contributed by atoms with van der Waals surface area (Å²) < 4.78 is 1.82. The second kappa shape index (κ2) is 7.23. The molecule has 0 saturated heterocycles. The Hall–Kier alpha value is -2.14. The van der Waals surface area contributed by atoms with Crippen molar-refractivity contribution >= 4 is 11.6 Å². The third kappa shape index (κ3) is 3.54. The van der Waals surface area contributed by atoms with Crippen molar-refractivity contribution in [1.29, 1.82) is 0 Å². The molecular weight excluding hydrogens is 324 g/mol. The molecule has 2 heterocycles. The van der Waals surface area contributed by atoms with Crippen LogP contribution >= 0.6 is 0 Å². The summed E-state index contributed by atoms with van der Waals surface area (Å²) in [6.07, 6.45) is 1.11. The minimum Gasteiger partial charge on any atom is -0.298 e. The number of nitrogens with zero attached hydrogens (tertiary/aromatic N) is 4. The molecule has 140 valence electrons. The van der Waals surface area contributed by atoms with E-state index in [0.29, 0.717) is 12.6 Å². The Kier molecular flexibility index (Phi) is 5.19. The Labute approximate surface area is 156 Å². The molecule has 0 aliphatic carbocycles. The van der Waals surface area contributed by atoms with Crippen LogP contribution in [0.1, 0.15) is 42.7 Å². The van der Waals surface area contributed by atoms with Crippen molar-refractivity contribution in [2.75, 3.05) is 18.1 Å². The number of fused-ring (bicyclic) bond motifs is 1. The molecule has 0 fully saturated rings. The first-order valence-electron chi connectivity index (χ1n) is 9.43. The van der Waals surface area contributed by atoms with E-state index in [2.05, 4.69) is 55.7 Å². The van der Waals surface area contributed by atoms with Crippen molar-refractivity contribution in [3.8, 4) is 0 Å². The van der Waals surface area contributed by atoms with Gasteiger partial charge in [-0.15, -0.1) is 0 Å². The molecule has 0 bridgehead atoms. The first-order valence-corrected chi connectivity index (χ1v) is 9.43. The zero-order valence-corrected chi connectivity index (χ0v) is 16.8. The van der Waals surface area contributed by atoms with Gasteiger partial charge in [-0.05, 0) is 51.7 Å². The Balaban J connectivity index is 2.09. The molecule has 0 N–H and O–H groups in total. The molecule has 1 aromatic heterocycles. The van der Waals surface area contributed by atoms with E-state index in [-0.39, 0.29) is 5.56 Å². The van der Waals surface area contributed by atoms with E-state index in [1.54, 1.807) is 0 Å². The van der Waals surface area contributed by atoms with Gasteiger partial charge in [0.25, 0.3) is 5.56 Å². The molecule has 26 heavy (non-hydrogen) atoms. The van der Waals surface area contributed by atoms with Gasteiger partial charge in [-0.25, -0.2) is 4.98 Å². The number of hydrogen-bond donors (Lipinski definition) is 0. The molecule has 1 aliphatic heterocycles. The number of rotatable bonds is 4. The van der Waals surface area contributed by atoms with Crippen LogP contribution in [0.15, 0.2) is 23.0 Å². The van der Waals surface area contributed by atoms with Crippen LogP contribution in [0, 0.1) is 33.6 Å². The fraction of sp³-hybridized carbons (Fsp3) is 0.524. The average Bonchev–Trinajstić information content (AvgIpc) is 2.58. The summed E-state index contributed by atoms with van der Waals surface area (Å²) in [4.78, 5) is 22.2. The van der Waals surface area contributed by atoms with Gasteiger partial charge in [-0.1, -0.05) is 31.5 Å². The van der Waals surface area contributed by atoms with E-state index < -0.39 is 0 Å². The lowest BCUT2D eigenvalue weighted by molar-refractivity contribution is 0.188. The van der Waals surface area contributed by atoms with Gasteiger partial charge < -0.3 is 0 Å². The fourth-order valence-corrected chi connectivity index (χ4v) is 3.46. The molecule has 0 radical (unpaired) electrons. The van der Waals surface area contributed by atoms with Crippen molar-refractivity contribution in [3.05, 3.63) is 50.9 Å². The van der Waals surface area contributed by atoms with Crippen LogP contribution in [-0.4, -0.2) is 27.7 Å². The van der Waals surface area contributed by atoms with Crippen molar-refractivity contribution in [2.24, 2.45) is 5.92 Å². The quantitative estimate of drug-likeness (QED) is 0.835. The highest BCUT2D eigenvalue weighted by Gasteiger charge is 2.27. The minimum absolute atomic E-state index is 0.0662. The van der Waals surface area contributed by atoms with Gasteiger partial charge in [0.05, 0.1) is 13.3 Å². The molecule has 0 amide bonds. The van der Waals surface area contributed by atoms with Crippen LogP contribution in [0.4, 0.5) is 11.6 Å². The van der Waals surface area contributed by atoms with E-state index in [4.69, 9.17) is 4.98 Å². The SMILES string of the molecule is Cc1ccc(N2CN(CCC(C)C)Cn3c2nc(C)c(C)c3=O)c(C)c1. The number of anilines is 2. The number of hydrogen-bond acceptors (Lipinski definition) is 4. The zero-order chi connectivity index (χ0) is 19.0. The smallest absolute Gasteiger partial charge is 0.259 e. The highest BCUT2D eigenvalue weighted by molar-refractivity contribution is 5.63. The fourth-order valence-electron chi connectivity index (χ4n) is 3.46. The van der Waals surface area contributed by atoms with Gasteiger partial charge in [-0.3, -0.25) is 19.2 Å². The molecule has 0 atom stereocenters. The largest absolute Gasteiger partial charge is 0.298 e. The first-order chi connectivity index (χ1) is 12.3. The summed E-state index contributed by atoms with van der Waals surface area (Å²) >= 11 is 0. The van der Waals surface area contributed by atoms with Crippen molar-refractivity contribution in [3.63, 3.8) is 0 Å². The van der Waals surface area contributed by atoms with E-state index in [1.807, 2.05) is 18.4 Å². The molecule has 3 rings (SSSR count). The van der Waals surface area contributed by atoms with Crippen LogP contribution in [0.3, 0.4) is 0 Å². The standard InChI is InChI=1S/C21H30N4O/c1-14(2)9-10-23-12-24(19-8-7-15(3)11-16(19)4)21-22-18(6)17(5)20(26)25(21)13-23/h7-8,11,14H,9-10,12-13H2,1-6H3. The molecular formula is C21H30N4O. The monoisotopic (exact) mass is 354 g/mol. The average molecular weight is 354 g/mol. The van der Waals surface area contributed by atoms with Crippen molar-refractivity contribution in [1.82, 2.24) is 14.5 Å². The van der Waals surface area contributed by atoms with E-state index in [9.17, 15) is 4.79 Å². The van der Waals surface area contributed by atoms with Gasteiger partial charge in [0.15, 0.2) is 0 Å². The van der Waals surface area contributed by atoms with Crippen LogP contribution in [-0.2, 0) is 6.67 Å². The molecule has 5 nitrogen and oxygen atoms in total. The van der Waals surface area contributed by atoms with E-state index >= 15 is 0 Å². The van der Waals surface area contributed by atoms with E-state index in [0.717, 1.165) is 42.5 Å². The zero-order valence-electron chi connectivity index (χ0n) is 16.8. The Morgan fingerprint density at radius 3 is 2.50 bits per heavy atom. The second-order valence-corrected chi connectivity index (χ2v) is 7.93. The maximum Gasteiger partial charge on any atom is 0.259 e. The predicted octanol–water partition coefficient (Wildman–Crippen LogP) is 3.89. The maximum atomic E-state index is 12.9. The lowest BCUT2D eigenvalue weighted by Crippen LogP contribution is -2.48. The van der Waals surface area contributed by atoms with Gasteiger partial charge in [-0.2, -0.15) is 0 Å². The van der Waals surface area contributed by atoms with Gasteiger partial charge in [0, 0.05) is 23.5 Å². The molecule has 0 spiro atoms. The van der Waals surface area contributed by atoms with Crippen LogP contribution < -0.4 is 10.5 Å². The first kappa shape index (κ1) is 18.6. The Morgan fingerprint density at radius 1 is 1.12 bits per heavy atom. The van der Waals surface area contributed by atoms with Crippen LogP contribution in [0.2, 0.25) is 0 Å². The van der Waals surface area contributed by atoms with Gasteiger partial charge in [0.2, 0.25) is 5.95 Å². The Bertz CT molecular complexity index is 869. The van der Waals surface area contributed by atoms with Gasteiger partial charge in [0.1, 0.15) is 0 Å². The lowest BCUT2D eigenvalue weighted by atomic mass is 10.1. The highest BCUT2D eigenvalue weighted by Crippen LogP contribution is 2.30. The molecule has 1 aromatic carbocycles. The summed E-state index contributed by atoms with van der Waals surface area (Å²) in [5.74, 6) is 1.39. The predicted molar refractivity (Wildman–Crippen MR) is 107 cm³/mol. The Morgan fingerprint density at radius 2 is 1.85 bits per heavy atom. The van der Waals surface area contributed by atoms with Crippen LogP contribution in [0.5, 0.6) is 0 Å². The normalized spacial score (nSPS) is 14.8. The van der Waals surface area contributed by atoms with Gasteiger partial charge >= 0.3 is 0 Å². The maximum absolute atomic E-state index is 12.9. The molecule has 1 aliphatic rings. The third-order valence-electron chi connectivity index (χ3n) is 5.21. The topological polar surface area (TPSA) is 41.4 Å². The third-order valence-corrected chi connectivity index (χ3v) is 5.21. The minimum atomic E-state index is 0.0662.